The Balaban J connectivity index is 2.41. The van der Waals surface area contributed by atoms with Gasteiger partial charge in [0.25, 0.3) is 5.91 Å². The summed E-state index contributed by atoms with van der Waals surface area (Å²) >= 11 is 0. The molecule has 94 valence electrons. The van der Waals surface area contributed by atoms with Crippen molar-refractivity contribution in [2.24, 2.45) is 0 Å². The van der Waals surface area contributed by atoms with Gasteiger partial charge in [-0.3, -0.25) is 4.79 Å². The predicted octanol–water partition coefficient (Wildman–Crippen LogP) is 1.42. The van der Waals surface area contributed by atoms with Crippen molar-refractivity contribution < 1.29 is 9.53 Å². The Bertz CT molecular complexity index is 353. The molecule has 0 aliphatic carbocycles. The smallest absolute Gasteiger partial charge is 0.255 e. The summed E-state index contributed by atoms with van der Waals surface area (Å²) in [5.74, 6) is 0.524. The van der Waals surface area contributed by atoms with Crippen LogP contribution in [0, 0.1) is 0 Å². The highest BCUT2D eigenvalue weighted by Gasteiger charge is 2.09. The average Bonchev–Trinajstić information content (AvgIpc) is 2.38. The summed E-state index contributed by atoms with van der Waals surface area (Å²) in [6.07, 6.45) is 0.925. The van der Waals surface area contributed by atoms with Crippen LogP contribution in [0.3, 0.4) is 0 Å². The number of carbonyl (C=O) groups is 1. The number of hydrogen-bond donors (Lipinski definition) is 2. The van der Waals surface area contributed by atoms with Crippen LogP contribution >= 0.6 is 0 Å². The van der Waals surface area contributed by atoms with Gasteiger partial charge in [0, 0.05) is 6.54 Å². The zero-order chi connectivity index (χ0) is 12.5. The maximum Gasteiger partial charge on any atom is 0.255 e. The maximum atomic E-state index is 11.8. The number of hydrogen-bond acceptors (Lipinski definition) is 3. The number of amides is 1. The molecular formula is C13H20N2O2. The second-order valence-electron chi connectivity index (χ2n) is 3.66. The van der Waals surface area contributed by atoms with Crippen molar-refractivity contribution in [2.45, 2.75) is 13.3 Å². The molecule has 17 heavy (non-hydrogen) atoms. The van der Waals surface area contributed by atoms with Crippen LogP contribution in [0.25, 0.3) is 0 Å². The number of benzene rings is 1. The SMILES string of the molecule is CCNCCCNC(=O)c1ccccc1OC. The molecule has 0 aliphatic heterocycles. The van der Waals surface area contributed by atoms with Gasteiger partial charge in [-0.1, -0.05) is 19.1 Å². The molecule has 0 saturated carbocycles. The zero-order valence-electron chi connectivity index (χ0n) is 10.5. The first-order chi connectivity index (χ1) is 8.29. The fourth-order valence-corrected chi connectivity index (χ4v) is 1.52. The molecule has 1 aromatic carbocycles. The van der Waals surface area contributed by atoms with E-state index in [1.807, 2.05) is 12.1 Å². The summed E-state index contributed by atoms with van der Waals surface area (Å²) in [4.78, 5) is 11.8. The highest BCUT2D eigenvalue weighted by atomic mass is 16.5. The molecule has 4 nitrogen and oxygen atoms in total. The lowest BCUT2D eigenvalue weighted by Crippen LogP contribution is -2.27. The van der Waals surface area contributed by atoms with E-state index >= 15 is 0 Å². The van der Waals surface area contributed by atoms with Crippen LogP contribution in [-0.2, 0) is 0 Å². The summed E-state index contributed by atoms with van der Waals surface area (Å²) in [5, 5.41) is 6.08. The van der Waals surface area contributed by atoms with Gasteiger partial charge in [-0.2, -0.15) is 0 Å². The topological polar surface area (TPSA) is 50.4 Å². The fourth-order valence-electron chi connectivity index (χ4n) is 1.52. The summed E-state index contributed by atoms with van der Waals surface area (Å²) in [6.45, 7) is 4.61. The molecule has 0 radical (unpaired) electrons. The van der Waals surface area contributed by atoms with Crippen LogP contribution in [0.4, 0.5) is 0 Å². The monoisotopic (exact) mass is 236 g/mol. The van der Waals surface area contributed by atoms with Crippen molar-refractivity contribution in [3.05, 3.63) is 29.8 Å². The van der Waals surface area contributed by atoms with E-state index in [2.05, 4.69) is 17.6 Å². The van der Waals surface area contributed by atoms with Gasteiger partial charge >= 0.3 is 0 Å². The summed E-state index contributed by atoms with van der Waals surface area (Å²) in [5.41, 5.74) is 0.582. The van der Waals surface area contributed by atoms with E-state index in [0.717, 1.165) is 19.5 Å². The van der Waals surface area contributed by atoms with Gasteiger partial charge in [0.05, 0.1) is 12.7 Å². The average molecular weight is 236 g/mol. The van der Waals surface area contributed by atoms with Crippen molar-refractivity contribution in [3.8, 4) is 5.75 Å². The maximum absolute atomic E-state index is 11.8. The van der Waals surface area contributed by atoms with Gasteiger partial charge in [0.2, 0.25) is 0 Å². The standard InChI is InChI=1S/C13H20N2O2/c1-3-14-9-6-10-15-13(16)11-7-4-5-8-12(11)17-2/h4-5,7-8,14H,3,6,9-10H2,1-2H3,(H,15,16). The third kappa shape index (κ3) is 4.44. The van der Waals surface area contributed by atoms with Gasteiger partial charge < -0.3 is 15.4 Å². The van der Waals surface area contributed by atoms with Crippen LogP contribution in [0.5, 0.6) is 5.75 Å². The molecule has 0 atom stereocenters. The second kappa shape index (κ2) is 7.68. The number of nitrogens with one attached hydrogen (secondary N) is 2. The minimum Gasteiger partial charge on any atom is -0.496 e. The molecule has 0 bridgehead atoms. The van der Waals surface area contributed by atoms with Crippen LogP contribution in [0.15, 0.2) is 24.3 Å². The van der Waals surface area contributed by atoms with Crippen LogP contribution < -0.4 is 15.4 Å². The molecule has 4 heteroatoms. The number of methoxy groups -OCH3 is 1. The minimum absolute atomic E-state index is 0.0843. The van der Waals surface area contributed by atoms with E-state index in [9.17, 15) is 4.79 Å². The van der Waals surface area contributed by atoms with E-state index in [1.54, 1.807) is 19.2 Å². The number of carbonyl (C=O) groups excluding carboxylic acids is 1. The highest BCUT2D eigenvalue weighted by Crippen LogP contribution is 2.16. The summed E-state index contributed by atoms with van der Waals surface area (Å²) < 4.78 is 5.14. The normalized spacial score (nSPS) is 10.0. The molecule has 2 N–H and O–H groups in total. The second-order valence-corrected chi connectivity index (χ2v) is 3.66. The minimum atomic E-state index is -0.0843. The van der Waals surface area contributed by atoms with Gasteiger partial charge in [0.1, 0.15) is 5.75 Å². The molecule has 0 fully saturated rings. The number of para-hydroxylation sites is 1. The van der Waals surface area contributed by atoms with Gasteiger partial charge in [-0.25, -0.2) is 0 Å². The highest BCUT2D eigenvalue weighted by molar-refractivity contribution is 5.96. The Morgan fingerprint density at radius 1 is 1.29 bits per heavy atom. The van der Waals surface area contributed by atoms with Crippen molar-refractivity contribution in [3.63, 3.8) is 0 Å². The molecule has 0 unspecified atom stereocenters. The summed E-state index contributed by atoms with van der Waals surface area (Å²) in [7, 11) is 1.57. The number of rotatable bonds is 7. The van der Waals surface area contributed by atoms with E-state index in [0.29, 0.717) is 17.9 Å². The molecule has 1 amide bonds. The van der Waals surface area contributed by atoms with Crippen LogP contribution in [-0.4, -0.2) is 32.7 Å². The van der Waals surface area contributed by atoms with Crippen LogP contribution in [0.1, 0.15) is 23.7 Å². The van der Waals surface area contributed by atoms with Gasteiger partial charge in [-0.15, -0.1) is 0 Å². The van der Waals surface area contributed by atoms with Gasteiger partial charge in [-0.05, 0) is 31.6 Å². The lowest BCUT2D eigenvalue weighted by atomic mass is 10.2. The third-order valence-corrected chi connectivity index (χ3v) is 2.42. The first kappa shape index (κ1) is 13.5. The summed E-state index contributed by atoms with van der Waals surface area (Å²) in [6, 6.07) is 7.23. The first-order valence-electron chi connectivity index (χ1n) is 5.91. The Hall–Kier alpha value is -1.55. The fraction of sp³-hybridized carbons (Fsp3) is 0.462. The zero-order valence-corrected chi connectivity index (χ0v) is 10.5. The van der Waals surface area contributed by atoms with E-state index in [1.165, 1.54) is 0 Å². The van der Waals surface area contributed by atoms with E-state index < -0.39 is 0 Å². The lowest BCUT2D eigenvalue weighted by molar-refractivity contribution is 0.0950. The largest absolute Gasteiger partial charge is 0.496 e. The molecule has 1 rings (SSSR count). The Labute approximate surface area is 102 Å². The van der Waals surface area contributed by atoms with E-state index in [4.69, 9.17) is 4.74 Å². The Morgan fingerprint density at radius 3 is 2.76 bits per heavy atom. The molecule has 0 aromatic heterocycles. The number of ether oxygens (including phenoxy) is 1. The van der Waals surface area contributed by atoms with Crippen LogP contribution in [0.2, 0.25) is 0 Å². The molecule has 0 saturated heterocycles. The third-order valence-electron chi connectivity index (χ3n) is 2.42. The quantitative estimate of drug-likeness (QED) is 0.704. The predicted molar refractivity (Wildman–Crippen MR) is 68.5 cm³/mol. The van der Waals surface area contributed by atoms with Gasteiger partial charge in [0.15, 0.2) is 0 Å². The Kier molecular flexibility index (Phi) is 6.10. The van der Waals surface area contributed by atoms with Crippen molar-refractivity contribution in [1.29, 1.82) is 0 Å². The van der Waals surface area contributed by atoms with Crippen molar-refractivity contribution in [2.75, 3.05) is 26.7 Å². The Morgan fingerprint density at radius 2 is 2.06 bits per heavy atom. The molecule has 0 heterocycles. The lowest BCUT2D eigenvalue weighted by Gasteiger charge is -2.09. The molecule has 1 aromatic rings. The first-order valence-corrected chi connectivity index (χ1v) is 5.91. The van der Waals surface area contributed by atoms with Crippen molar-refractivity contribution >= 4 is 5.91 Å². The van der Waals surface area contributed by atoms with E-state index in [-0.39, 0.29) is 5.91 Å². The molecule has 0 aliphatic rings. The van der Waals surface area contributed by atoms with Crippen molar-refractivity contribution in [1.82, 2.24) is 10.6 Å². The molecule has 0 spiro atoms. The molecular weight excluding hydrogens is 216 g/mol.